The Morgan fingerprint density at radius 1 is 0.886 bits per heavy atom. The summed E-state index contributed by atoms with van der Waals surface area (Å²) < 4.78 is 1.83. The quantitative estimate of drug-likeness (QED) is 0.413. The maximum atomic E-state index is 13.3. The van der Waals surface area contributed by atoms with Crippen LogP contribution in [-0.2, 0) is 6.54 Å². The van der Waals surface area contributed by atoms with Gasteiger partial charge in [0.25, 0.3) is 11.8 Å². The number of fused-ring (bicyclic) bond motifs is 1. The highest BCUT2D eigenvalue weighted by Gasteiger charge is 2.27. The van der Waals surface area contributed by atoms with Crippen molar-refractivity contribution in [3.05, 3.63) is 118 Å². The van der Waals surface area contributed by atoms with Gasteiger partial charge in [-0.05, 0) is 41.7 Å². The molecule has 1 aromatic heterocycles. The second-order valence-corrected chi connectivity index (χ2v) is 9.02. The van der Waals surface area contributed by atoms with E-state index in [1.807, 2.05) is 84.3 Å². The first-order chi connectivity index (χ1) is 17.0. The number of pyridine rings is 1. The van der Waals surface area contributed by atoms with Gasteiger partial charge in [0.1, 0.15) is 11.1 Å². The third-order valence-electron chi connectivity index (χ3n) is 6.44. The van der Waals surface area contributed by atoms with Gasteiger partial charge in [-0.25, -0.2) is 0 Å². The molecule has 35 heavy (non-hydrogen) atoms. The molecule has 0 unspecified atom stereocenters. The number of aromatic nitrogens is 1. The van der Waals surface area contributed by atoms with E-state index in [4.69, 9.17) is 0 Å². The topological polar surface area (TPSA) is 80.2 Å². The predicted octanol–water partition coefficient (Wildman–Crippen LogP) is 4.76. The van der Waals surface area contributed by atoms with Crippen LogP contribution in [0.15, 0.2) is 90.0 Å². The number of amides is 2. The van der Waals surface area contributed by atoms with Gasteiger partial charge in [0, 0.05) is 25.0 Å². The van der Waals surface area contributed by atoms with Crippen molar-refractivity contribution < 1.29 is 9.59 Å². The molecule has 0 saturated heterocycles. The van der Waals surface area contributed by atoms with Crippen LogP contribution in [0, 0.1) is 0 Å². The number of carbonyl (C=O) groups excluding carboxylic acids is 2. The highest BCUT2D eigenvalue weighted by molar-refractivity contribution is 5.99. The maximum Gasteiger partial charge on any atom is 0.257 e. The van der Waals surface area contributed by atoms with Crippen molar-refractivity contribution in [2.24, 2.45) is 0 Å². The smallest absolute Gasteiger partial charge is 0.257 e. The zero-order valence-electron chi connectivity index (χ0n) is 19.5. The van der Waals surface area contributed by atoms with Crippen molar-refractivity contribution in [3.63, 3.8) is 0 Å². The van der Waals surface area contributed by atoms with E-state index in [2.05, 4.69) is 10.6 Å². The number of carbonyl (C=O) groups is 2. The molecular weight excluding hydrogens is 438 g/mol. The molecule has 0 spiro atoms. The van der Waals surface area contributed by atoms with Crippen LogP contribution in [0.1, 0.15) is 63.7 Å². The molecule has 176 valence electrons. The van der Waals surface area contributed by atoms with Crippen LogP contribution in [-0.4, -0.2) is 16.4 Å². The minimum absolute atomic E-state index is 0.0155. The number of hydrogen-bond acceptors (Lipinski definition) is 3. The number of hydrogen-bond donors (Lipinski definition) is 2. The van der Waals surface area contributed by atoms with Gasteiger partial charge < -0.3 is 15.2 Å². The van der Waals surface area contributed by atoms with Crippen LogP contribution in [0.3, 0.4) is 0 Å². The van der Waals surface area contributed by atoms with E-state index in [0.717, 1.165) is 34.7 Å². The summed E-state index contributed by atoms with van der Waals surface area (Å²) in [6.45, 7) is 2.20. The minimum atomic E-state index is -0.560. The average molecular weight is 466 g/mol. The number of rotatable bonds is 7. The number of nitrogens with zero attached hydrogens (tertiary/aromatic N) is 1. The molecule has 4 aromatic rings. The van der Waals surface area contributed by atoms with E-state index in [-0.39, 0.29) is 23.2 Å². The highest BCUT2D eigenvalue weighted by atomic mass is 16.2. The van der Waals surface area contributed by atoms with Crippen molar-refractivity contribution in [2.75, 3.05) is 0 Å². The molecule has 1 saturated carbocycles. The summed E-state index contributed by atoms with van der Waals surface area (Å²) in [6.07, 6.45) is 5.08. The third-order valence-corrected chi connectivity index (χ3v) is 6.44. The van der Waals surface area contributed by atoms with Gasteiger partial charge in [0.2, 0.25) is 5.43 Å². The van der Waals surface area contributed by atoms with E-state index < -0.39 is 17.2 Å². The molecule has 1 heterocycles. The lowest BCUT2D eigenvalue weighted by atomic mass is 9.99. The predicted molar refractivity (Wildman–Crippen MR) is 136 cm³/mol. The summed E-state index contributed by atoms with van der Waals surface area (Å²) in [7, 11) is 0. The zero-order valence-corrected chi connectivity index (χ0v) is 19.5. The van der Waals surface area contributed by atoms with Crippen LogP contribution in [0.5, 0.6) is 0 Å². The summed E-state index contributed by atoms with van der Waals surface area (Å²) in [4.78, 5) is 39.5. The van der Waals surface area contributed by atoms with Gasteiger partial charge in [-0.15, -0.1) is 0 Å². The molecule has 1 fully saturated rings. The number of nitrogens with one attached hydrogen (secondary N) is 2. The molecule has 0 bridgehead atoms. The van der Waals surface area contributed by atoms with Gasteiger partial charge in [0.15, 0.2) is 0 Å². The average Bonchev–Trinajstić information content (AvgIpc) is 3.73. The number of benzene rings is 3. The molecule has 6 heteroatoms. The fraction of sp³-hybridized carbons (Fsp3) is 0.207. The van der Waals surface area contributed by atoms with Crippen LogP contribution in [0.2, 0.25) is 0 Å². The van der Waals surface area contributed by atoms with Gasteiger partial charge in [-0.1, -0.05) is 72.8 Å². The molecule has 0 radical (unpaired) electrons. The Hall–Kier alpha value is -4.19. The van der Waals surface area contributed by atoms with Gasteiger partial charge >= 0.3 is 0 Å². The lowest BCUT2D eigenvalue weighted by Crippen LogP contribution is -2.36. The van der Waals surface area contributed by atoms with E-state index in [9.17, 15) is 14.4 Å². The Labute approximate surface area is 203 Å². The first kappa shape index (κ1) is 22.6. The van der Waals surface area contributed by atoms with Crippen LogP contribution < -0.4 is 16.1 Å². The van der Waals surface area contributed by atoms with Gasteiger partial charge in [0.05, 0.1) is 6.04 Å². The second kappa shape index (κ2) is 9.58. The Morgan fingerprint density at radius 3 is 2.29 bits per heavy atom. The van der Waals surface area contributed by atoms with E-state index in [1.54, 1.807) is 12.4 Å². The van der Waals surface area contributed by atoms with E-state index in [0.29, 0.717) is 6.54 Å². The van der Waals surface area contributed by atoms with E-state index >= 15 is 0 Å². The lowest BCUT2D eigenvalue weighted by molar-refractivity contribution is 0.0938. The third kappa shape index (κ3) is 4.87. The second-order valence-electron chi connectivity index (χ2n) is 9.02. The highest BCUT2D eigenvalue weighted by Crippen LogP contribution is 2.34. The Morgan fingerprint density at radius 2 is 1.54 bits per heavy atom. The molecule has 2 amide bonds. The van der Waals surface area contributed by atoms with Crippen LogP contribution >= 0.6 is 0 Å². The van der Waals surface area contributed by atoms with Crippen molar-refractivity contribution in [3.8, 4) is 0 Å². The molecule has 1 aliphatic rings. The standard InChI is InChI=1S/C29H27N3O3/c1-19(23-13-7-11-21-10-5-6-12-24(21)23)31-29(35)26-18-32(22-14-15-22)17-25(27(26)33)28(34)30-16-20-8-3-2-4-9-20/h2-13,17-19,22H,14-16H2,1H3,(H,30,34)(H,31,35)/t19-/m0/s1. The monoisotopic (exact) mass is 465 g/mol. The first-order valence-corrected chi connectivity index (χ1v) is 11.9. The lowest BCUT2D eigenvalue weighted by Gasteiger charge is -2.17. The Bertz CT molecular complexity index is 1450. The van der Waals surface area contributed by atoms with Crippen molar-refractivity contribution in [2.45, 2.75) is 38.4 Å². The molecule has 3 aromatic carbocycles. The van der Waals surface area contributed by atoms with Gasteiger partial charge in [-0.2, -0.15) is 0 Å². The molecule has 0 aliphatic heterocycles. The fourth-order valence-corrected chi connectivity index (χ4v) is 4.36. The Balaban J connectivity index is 1.41. The van der Waals surface area contributed by atoms with Crippen molar-refractivity contribution in [1.82, 2.24) is 15.2 Å². The first-order valence-electron chi connectivity index (χ1n) is 11.9. The summed E-state index contributed by atoms with van der Waals surface area (Å²) in [5, 5.41) is 7.91. The largest absolute Gasteiger partial charge is 0.349 e. The summed E-state index contributed by atoms with van der Waals surface area (Å²) in [6, 6.07) is 23.3. The SMILES string of the molecule is C[C@H](NC(=O)c1cn(C2CC2)cc(C(=O)NCc2ccccc2)c1=O)c1cccc2ccccc12. The molecule has 1 aliphatic carbocycles. The molecule has 5 rings (SSSR count). The molecular formula is C29H27N3O3. The van der Waals surface area contributed by atoms with Gasteiger partial charge in [-0.3, -0.25) is 14.4 Å². The van der Waals surface area contributed by atoms with E-state index in [1.165, 1.54) is 0 Å². The summed E-state index contributed by atoms with van der Waals surface area (Å²) in [5.74, 6) is -0.965. The van der Waals surface area contributed by atoms with Crippen molar-refractivity contribution >= 4 is 22.6 Å². The molecule has 2 N–H and O–H groups in total. The maximum absolute atomic E-state index is 13.3. The van der Waals surface area contributed by atoms with Crippen LogP contribution in [0.25, 0.3) is 10.8 Å². The minimum Gasteiger partial charge on any atom is -0.349 e. The normalized spacial score (nSPS) is 13.9. The fourth-order valence-electron chi connectivity index (χ4n) is 4.36. The Kier molecular flexibility index (Phi) is 6.19. The van der Waals surface area contributed by atoms with Crippen molar-refractivity contribution in [1.29, 1.82) is 0 Å². The zero-order chi connectivity index (χ0) is 24.4. The molecule has 1 atom stereocenters. The van der Waals surface area contributed by atoms with Crippen LogP contribution in [0.4, 0.5) is 0 Å². The molecule has 6 nitrogen and oxygen atoms in total. The summed E-state index contributed by atoms with van der Waals surface area (Å²) >= 11 is 0. The summed E-state index contributed by atoms with van der Waals surface area (Å²) in [5.41, 5.74) is 1.31.